The maximum atomic E-state index is 12.7. The van der Waals surface area contributed by atoms with Gasteiger partial charge >= 0.3 is 0 Å². The first-order chi connectivity index (χ1) is 12.8. The van der Waals surface area contributed by atoms with Gasteiger partial charge in [-0.25, -0.2) is 0 Å². The van der Waals surface area contributed by atoms with Gasteiger partial charge < -0.3 is 14.4 Å². The first-order valence-electron chi connectivity index (χ1n) is 9.22. The maximum absolute atomic E-state index is 12.7. The molecule has 0 N–H and O–H groups in total. The number of hydrogen-bond acceptors (Lipinski definition) is 5. The van der Waals surface area contributed by atoms with E-state index < -0.39 is 0 Å². The van der Waals surface area contributed by atoms with Gasteiger partial charge in [0.25, 0.3) is 5.91 Å². The summed E-state index contributed by atoms with van der Waals surface area (Å²) < 4.78 is 11.5. The molecule has 1 fully saturated rings. The van der Waals surface area contributed by atoms with Crippen LogP contribution in [0.25, 0.3) is 0 Å². The average molecular weight is 355 g/mol. The first-order valence-corrected chi connectivity index (χ1v) is 9.22. The lowest BCUT2D eigenvalue weighted by Gasteiger charge is -2.31. The lowest BCUT2D eigenvalue weighted by molar-refractivity contribution is 0.0586. The summed E-state index contributed by atoms with van der Waals surface area (Å²) in [4.78, 5) is 14.5. The first kappa shape index (κ1) is 18.2. The van der Waals surface area contributed by atoms with E-state index in [0.29, 0.717) is 31.1 Å². The van der Waals surface area contributed by atoms with E-state index in [0.717, 1.165) is 31.4 Å². The van der Waals surface area contributed by atoms with Crippen LogP contribution in [-0.2, 0) is 0 Å². The molecule has 138 valence electrons. The standard InChI is InChI=1S/C20H25N3O3/c1-2-3-15-25-17-8-6-16(7-9-17)20(24)23-13-10-18(11-14-23)26-19-5-4-12-21-22-19/h4-9,12,18H,2-3,10-11,13-15H2,1H3. The van der Waals surface area contributed by atoms with E-state index in [-0.39, 0.29) is 12.0 Å². The molecule has 6 nitrogen and oxygen atoms in total. The highest BCUT2D eigenvalue weighted by atomic mass is 16.5. The van der Waals surface area contributed by atoms with Gasteiger partial charge in [-0.05, 0) is 36.8 Å². The Labute approximate surface area is 154 Å². The number of aromatic nitrogens is 2. The van der Waals surface area contributed by atoms with Crippen LogP contribution in [0.1, 0.15) is 43.0 Å². The number of carbonyl (C=O) groups is 1. The van der Waals surface area contributed by atoms with Crippen molar-refractivity contribution in [3.63, 3.8) is 0 Å². The van der Waals surface area contributed by atoms with Crippen LogP contribution < -0.4 is 9.47 Å². The van der Waals surface area contributed by atoms with Crippen molar-refractivity contribution < 1.29 is 14.3 Å². The third kappa shape index (κ3) is 4.94. The average Bonchev–Trinajstić information content (AvgIpc) is 2.70. The third-order valence-corrected chi connectivity index (χ3v) is 4.43. The van der Waals surface area contributed by atoms with E-state index in [9.17, 15) is 4.79 Å². The van der Waals surface area contributed by atoms with Crippen molar-refractivity contribution >= 4 is 5.91 Å². The Morgan fingerprint density at radius 2 is 1.96 bits per heavy atom. The molecule has 0 bridgehead atoms. The zero-order valence-electron chi connectivity index (χ0n) is 15.1. The summed E-state index contributed by atoms with van der Waals surface area (Å²) in [5, 5.41) is 7.76. The van der Waals surface area contributed by atoms with Crippen molar-refractivity contribution in [3.8, 4) is 11.6 Å². The molecule has 0 spiro atoms. The summed E-state index contributed by atoms with van der Waals surface area (Å²) in [6, 6.07) is 11.0. The Balaban J connectivity index is 1.48. The summed E-state index contributed by atoms with van der Waals surface area (Å²) >= 11 is 0. The van der Waals surface area contributed by atoms with Crippen molar-refractivity contribution in [2.24, 2.45) is 0 Å². The Morgan fingerprint density at radius 3 is 2.62 bits per heavy atom. The molecule has 2 heterocycles. The fourth-order valence-corrected chi connectivity index (χ4v) is 2.91. The summed E-state index contributed by atoms with van der Waals surface area (Å²) in [5.74, 6) is 1.41. The molecule has 1 saturated heterocycles. The Kier molecular flexibility index (Phi) is 6.41. The van der Waals surface area contributed by atoms with Crippen molar-refractivity contribution in [2.75, 3.05) is 19.7 Å². The van der Waals surface area contributed by atoms with E-state index in [1.165, 1.54) is 0 Å². The van der Waals surface area contributed by atoms with Crippen LogP contribution in [-0.4, -0.2) is 46.8 Å². The van der Waals surface area contributed by atoms with E-state index in [1.807, 2.05) is 29.2 Å². The molecule has 1 aliphatic rings. The predicted octanol–water partition coefficient (Wildman–Crippen LogP) is 3.34. The van der Waals surface area contributed by atoms with Crippen molar-refractivity contribution in [3.05, 3.63) is 48.2 Å². The zero-order chi connectivity index (χ0) is 18.2. The monoisotopic (exact) mass is 355 g/mol. The largest absolute Gasteiger partial charge is 0.494 e. The molecule has 2 aromatic rings. The van der Waals surface area contributed by atoms with E-state index in [4.69, 9.17) is 9.47 Å². The summed E-state index contributed by atoms with van der Waals surface area (Å²) in [6.45, 7) is 4.20. The van der Waals surface area contributed by atoms with Gasteiger partial charge in [-0.2, -0.15) is 5.10 Å². The van der Waals surface area contributed by atoms with Crippen LogP contribution in [0.2, 0.25) is 0 Å². The van der Waals surface area contributed by atoms with Gasteiger partial charge in [0.05, 0.1) is 6.61 Å². The second-order valence-electron chi connectivity index (χ2n) is 6.40. The minimum atomic E-state index is 0.0584. The molecule has 1 amide bonds. The SMILES string of the molecule is CCCCOc1ccc(C(=O)N2CCC(Oc3cccnn3)CC2)cc1. The summed E-state index contributed by atoms with van der Waals surface area (Å²) in [7, 11) is 0. The number of hydrogen-bond donors (Lipinski definition) is 0. The highest BCUT2D eigenvalue weighted by Gasteiger charge is 2.25. The molecule has 1 aliphatic heterocycles. The number of nitrogens with zero attached hydrogens (tertiary/aromatic N) is 3. The molecule has 1 aromatic carbocycles. The van der Waals surface area contributed by atoms with Gasteiger partial charge in [0.2, 0.25) is 5.88 Å². The minimum absolute atomic E-state index is 0.0584. The van der Waals surface area contributed by atoms with Crippen molar-refractivity contribution in [1.29, 1.82) is 0 Å². The lowest BCUT2D eigenvalue weighted by Crippen LogP contribution is -2.41. The molecule has 0 atom stereocenters. The van der Waals surface area contributed by atoms with Crippen LogP contribution >= 0.6 is 0 Å². The number of ether oxygens (including phenoxy) is 2. The maximum Gasteiger partial charge on any atom is 0.253 e. The van der Waals surface area contributed by atoms with E-state index >= 15 is 0 Å². The zero-order valence-corrected chi connectivity index (χ0v) is 15.1. The van der Waals surface area contributed by atoms with Gasteiger partial charge in [-0.3, -0.25) is 4.79 Å². The molecule has 0 radical (unpaired) electrons. The highest BCUT2D eigenvalue weighted by Crippen LogP contribution is 2.19. The summed E-state index contributed by atoms with van der Waals surface area (Å²) in [6.07, 6.45) is 5.42. The van der Waals surface area contributed by atoms with Crippen LogP contribution in [0.5, 0.6) is 11.6 Å². The van der Waals surface area contributed by atoms with Gasteiger partial charge in [0, 0.05) is 43.8 Å². The molecular weight excluding hydrogens is 330 g/mol. The Bertz CT molecular complexity index is 683. The molecule has 0 aliphatic carbocycles. The Hall–Kier alpha value is -2.63. The smallest absolute Gasteiger partial charge is 0.253 e. The number of piperidine rings is 1. The van der Waals surface area contributed by atoms with Crippen molar-refractivity contribution in [2.45, 2.75) is 38.7 Å². The second-order valence-corrected chi connectivity index (χ2v) is 6.40. The molecule has 0 unspecified atom stereocenters. The second kappa shape index (κ2) is 9.17. The third-order valence-electron chi connectivity index (χ3n) is 4.43. The van der Waals surface area contributed by atoms with Gasteiger partial charge in [0.1, 0.15) is 11.9 Å². The molecule has 26 heavy (non-hydrogen) atoms. The van der Waals surface area contributed by atoms with Gasteiger partial charge in [-0.15, -0.1) is 5.10 Å². The minimum Gasteiger partial charge on any atom is -0.494 e. The van der Waals surface area contributed by atoms with Crippen LogP contribution in [0.3, 0.4) is 0 Å². The molecular formula is C20H25N3O3. The number of amides is 1. The lowest BCUT2D eigenvalue weighted by atomic mass is 10.1. The molecule has 1 aromatic heterocycles. The quantitative estimate of drug-likeness (QED) is 0.713. The number of rotatable bonds is 7. The van der Waals surface area contributed by atoms with Crippen LogP contribution in [0, 0.1) is 0 Å². The number of carbonyl (C=O) groups excluding carboxylic acids is 1. The number of unbranched alkanes of at least 4 members (excludes halogenated alkanes) is 1. The fraction of sp³-hybridized carbons (Fsp3) is 0.450. The number of benzene rings is 1. The Morgan fingerprint density at radius 1 is 1.19 bits per heavy atom. The van der Waals surface area contributed by atoms with Crippen LogP contribution in [0.15, 0.2) is 42.6 Å². The van der Waals surface area contributed by atoms with Crippen LogP contribution in [0.4, 0.5) is 0 Å². The van der Waals surface area contributed by atoms with Gasteiger partial charge in [0.15, 0.2) is 0 Å². The van der Waals surface area contributed by atoms with E-state index in [2.05, 4.69) is 17.1 Å². The number of likely N-dealkylation sites (tertiary alicyclic amines) is 1. The van der Waals surface area contributed by atoms with Crippen molar-refractivity contribution in [1.82, 2.24) is 15.1 Å². The fourth-order valence-electron chi connectivity index (χ4n) is 2.91. The van der Waals surface area contributed by atoms with Gasteiger partial charge in [-0.1, -0.05) is 13.3 Å². The predicted molar refractivity (Wildman–Crippen MR) is 98.4 cm³/mol. The molecule has 3 rings (SSSR count). The molecule has 6 heteroatoms. The molecule has 0 saturated carbocycles. The topological polar surface area (TPSA) is 64.5 Å². The van der Waals surface area contributed by atoms with E-state index in [1.54, 1.807) is 18.3 Å². The highest BCUT2D eigenvalue weighted by molar-refractivity contribution is 5.94. The summed E-state index contributed by atoms with van der Waals surface area (Å²) in [5.41, 5.74) is 0.695. The normalized spacial score (nSPS) is 14.9.